The van der Waals surface area contributed by atoms with E-state index in [0.717, 1.165) is 5.56 Å². The molecule has 20 heavy (non-hydrogen) atoms. The zero-order valence-electron chi connectivity index (χ0n) is 10.8. The minimum absolute atomic E-state index is 0.0296. The van der Waals surface area contributed by atoms with Gasteiger partial charge in [0.15, 0.2) is 0 Å². The number of halogens is 2. The molecule has 1 N–H and O–H groups in total. The van der Waals surface area contributed by atoms with Crippen molar-refractivity contribution in [2.75, 3.05) is 0 Å². The van der Waals surface area contributed by atoms with Crippen LogP contribution in [0.3, 0.4) is 0 Å². The van der Waals surface area contributed by atoms with E-state index in [1.54, 1.807) is 36.4 Å². The van der Waals surface area contributed by atoms with Crippen LogP contribution in [0.15, 0.2) is 48.5 Å². The molecule has 0 aromatic heterocycles. The SMILES string of the molecule is CC(F)(F)Oc1cccc(Oc2ccc(CO)cc2)c1. The number of hydrogen-bond donors (Lipinski definition) is 1. The van der Waals surface area contributed by atoms with Gasteiger partial charge in [-0.15, -0.1) is 0 Å². The van der Waals surface area contributed by atoms with E-state index in [4.69, 9.17) is 9.84 Å². The van der Waals surface area contributed by atoms with Crippen LogP contribution >= 0.6 is 0 Å². The van der Waals surface area contributed by atoms with Crippen molar-refractivity contribution in [3.8, 4) is 17.2 Å². The molecule has 3 nitrogen and oxygen atoms in total. The van der Waals surface area contributed by atoms with E-state index < -0.39 is 6.11 Å². The fourth-order valence-electron chi connectivity index (χ4n) is 1.61. The molecule has 2 rings (SSSR count). The Bertz CT molecular complexity index is 562. The number of rotatable bonds is 5. The third-order valence-electron chi connectivity index (χ3n) is 2.44. The fraction of sp³-hybridized carbons (Fsp3) is 0.200. The minimum Gasteiger partial charge on any atom is -0.457 e. The zero-order chi connectivity index (χ0) is 14.6. The van der Waals surface area contributed by atoms with E-state index in [1.165, 1.54) is 12.1 Å². The highest BCUT2D eigenvalue weighted by molar-refractivity contribution is 5.37. The van der Waals surface area contributed by atoms with E-state index in [2.05, 4.69) is 4.74 Å². The summed E-state index contributed by atoms with van der Waals surface area (Å²) in [5, 5.41) is 8.93. The first kappa shape index (κ1) is 14.3. The highest BCUT2D eigenvalue weighted by atomic mass is 19.3. The fourth-order valence-corrected chi connectivity index (χ4v) is 1.61. The number of aliphatic hydroxyl groups is 1. The Labute approximate surface area is 115 Å². The molecule has 0 spiro atoms. The summed E-state index contributed by atoms with van der Waals surface area (Å²) in [7, 11) is 0. The van der Waals surface area contributed by atoms with Crippen LogP contribution in [0.4, 0.5) is 8.78 Å². The van der Waals surface area contributed by atoms with Gasteiger partial charge in [0, 0.05) is 13.0 Å². The summed E-state index contributed by atoms with van der Waals surface area (Å²) in [6, 6.07) is 12.8. The van der Waals surface area contributed by atoms with Crippen LogP contribution in [-0.4, -0.2) is 11.2 Å². The lowest BCUT2D eigenvalue weighted by Gasteiger charge is -2.14. The lowest BCUT2D eigenvalue weighted by atomic mass is 10.2. The van der Waals surface area contributed by atoms with Crippen LogP contribution in [0.5, 0.6) is 17.2 Å². The third-order valence-corrected chi connectivity index (χ3v) is 2.44. The van der Waals surface area contributed by atoms with Crippen molar-refractivity contribution < 1.29 is 23.4 Å². The zero-order valence-corrected chi connectivity index (χ0v) is 10.8. The number of hydrogen-bond acceptors (Lipinski definition) is 3. The summed E-state index contributed by atoms with van der Waals surface area (Å²) < 4.78 is 35.5. The van der Waals surface area contributed by atoms with Gasteiger partial charge in [0.1, 0.15) is 17.2 Å². The summed E-state index contributed by atoms with van der Waals surface area (Å²) in [4.78, 5) is 0. The molecule has 5 heteroatoms. The van der Waals surface area contributed by atoms with Crippen molar-refractivity contribution in [2.45, 2.75) is 19.6 Å². The van der Waals surface area contributed by atoms with Crippen molar-refractivity contribution in [1.82, 2.24) is 0 Å². The van der Waals surface area contributed by atoms with Gasteiger partial charge in [0.05, 0.1) is 6.61 Å². The Hall–Kier alpha value is -2.14. The van der Waals surface area contributed by atoms with Gasteiger partial charge < -0.3 is 14.6 Å². The van der Waals surface area contributed by atoms with Crippen molar-refractivity contribution in [1.29, 1.82) is 0 Å². The molecule has 0 amide bonds. The molecule has 0 fully saturated rings. The molecule has 0 radical (unpaired) electrons. The lowest BCUT2D eigenvalue weighted by Crippen LogP contribution is -2.18. The van der Waals surface area contributed by atoms with Gasteiger partial charge in [-0.25, -0.2) is 0 Å². The van der Waals surface area contributed by atoms with Gasteiger partial charge in [-0.1, -0.05) is 18.2 Å². The van der Waals surface area contributed by atoms with Gasteiger partial charge in [-0.2, -0.15) is 8.78 Å². The van der Waals surface area contributed by atoms with Crippen molar-refractivity contribution in [2.24, 2.45) is 0 Å². The predicted octanol–water partition coefficient (Wildman–Crippen LogP) is 3.96. The molecule has 106 valence electrons. The average Bonchev–Trinajstić information content (AvgIpc) is 2.38. The average molecular weight is 280 g/mol. The number of aliphatic hydroxyl groups excluding tert-OH is 1. The first-order valence-corrected chi connectivity index (χ1v) is 6.01. The molecular formula is C15H14F2O3. The molecular weight excluding hydrogens is 266 g/mol. The predicted molar refractivity (Wildman–Crippen MR) is 70.1 cm³/mol. The van der Waals surface area contributed by atoms with Gasteiger partial charge in [0.2, 0.25) is 0 Å². The molecule has 0 heterocycles. The lowest BCUT2D eigenvalue weighted by molar-refractivity contribution is -0.158. The summed E-state index contributed by atoms with van der Waals surface area (Å²) in [5.74, 6) is 0.966. The van der Waals surface area contributed by atoms with Gasteiger partial charge in [-0.05, 0) is 29.8 Å². The van der Waals surface area contributed by atoms with Crippen LogP contribution in [0.2, 0.25) is 0 Å². The molecule has 0 saturated carbocycles. The second kappa shape index (κ2) is 5.88. The van der Waals surface area contributed by atoms with Crippen LogP contribution in [-0.2, 0) is 6.61 Å². The normalized spacial score (nSPS) is 11.2. The molecule has 2 aromatic carbocycles. The minimum atomic E-state index is -3.23. The smallest absolute Gasteiger partial charge is 0.394 e. The van der Waals surface area contributed by atoms with Gasteiger partial charge in [-0.3, -0.25) is 0 Å². The van der Waals surface area contributed by atoms with Crippen molar-refractivity contribution >= 4 is 0 Å². The summed E-state index contributed by atoms with van der Waals surface area (Å²) >= 11 is 0. The van der Waals surface area contributed by atoms with E-state index in [0.29, 0.717) is 18.4 Å². The van der Waals surface area contributed by atoms with E-state index >= 15 is 0 Å². The monoisotopic (exact) mass is 280 g/mol. The Morgan fingerprint density at radius 1 is 1.00 bits per heavy atom. The van der Waals surface area contributed by atoms with Gasteiger partial charge >= 0.3 is 6.11 Å². The largest absolute Gasteiger partial charge is 0.457 e. The van der Waals surface area contributed by atoms with E-state index in [1.807, 2.05) is 0 Å². The summed E-state index contributed by atoms with van der Waals surface area (Å²) in [5.41, 5.74) is 0.764. The van der Waals surface area contributed by atoms with Crippen molar-refractivity contribution in [3.05, 3.63) is 54.1 Å². The molecule has 0 saturated heterocycles. The van der Waals surface area contributed by atoms with Crippen LogP contribution in [0.1, 0.15) is 12.5 Å². The number of ether oxygens (including phenoxy) is 2. The molecule has 0 aliphatic carbocycles. The Kier molecular flexibility index (Phi) is 4.20. The van der Waals surface area contributed by atoms with Crippen LogP contribution in [0.25, 0.3) is 0 Å². The Morgan fingerprint density at radius 3 is 2.25 bits per heavy atom. The maximum Gasteiger partial charge on any atom is 0.394 e. The number of benzene rings is 2. The molecule has 0 unspecified atom stereocenters. The standard InChI is InChI=1S/C15H14F2O3/c1-15(16,17)20-14-4-2-3-13(9-14)19-12-7-5-11(10-18)6-8-12/h2-9,18H,10H2,1H3. The topological polar surface area (TPSA) is 38.7 Å². The molecule has 0 atom stereocenters. The highest BCUT2D eigenvalue weighted by Crippen LogP contribution is 2.28. The molecule has 0 aliphatic rings. The highest BCUT2D eigenvalue weighted by Gasteiger charge is 2.23. The quantitative estimate of drug-likeness (QED) is 0.900. The first-order valence-electron chi connectivity index (χ1n) is 6.01. The number of alkyl halides is 2. The van der Waals surface area contributed by atoms with E-state index in [9.17, 15) is 8.78 Å². The van der Waals surface area contributed by atoms with E-state index in [-0.39, 0.29) is 12.4 Å². The Balaban J connectivity index is 2.10. The second-order valence-electron chi connectivity index (χ2n) is 4.29. The maximum atomic E-state index is 12.8. The second-order valence-corrected chi connectivity index (χ2v) is 4.29. The maximum absolute atomic E-state index is 12.8. The first-order chi connectivity index (χ1) is 9.46. The van der Waals surface area contributed by atoms with Crippen LogP contribution in [0, 0.1) is 0 Å². The van der Waals surface area contributed by atoms with Gasteiger partial charge in [0.25, 0.3) is 0 Å². The van der Waals surface area contributed by atoms with Crippen LogP contribution < -0.4 is 9.47 Å². The molecule has 0 aliphatic heterocycles. The third kappa shape index (κ3) is 4.20. The van der Waals surface area contributed by atoms with Crippen molar-refractivity contribution in [3.63, 3.8) is 0 Å². The molecule has 2 aromatic rings. The summed E-state index contributed by atoms with van der Waals surface area (Å²) in [6.45, 7) is 0.628. The molecule has 0 bridgehead atoms. The summed E-state index contributed by atoms with van der Waals surface area (Å²) in [6.07, 6.45) is -3.23. The Morgan fingerprint density at radius 2 is 1.65 bits per heavy atom.